The number of nitrogens with one attached hydrogen (secondary N) is 1. The highest BCUT2D eigenvalue weighted by Crippen LogP contribution is 2.14. The molecular formula is C12H15N3O. The average molecular weight is 217 g/mol. The van der Waals surface area contributed by atoms with Crippen LogP contribution in [0.15, 0.2) is 23.5 Å². The summed E-state index contributed by atoms with van der Waals surface area (Å²) in [6, 6.07) is 1.67. The van der Waals surface area contributed by atoms with Crippen molar-refractivity contribution in [2.45, 2.75) is 32.7 Å². The van der Waals surface area contributed by atoms with Crippen LogP contribution in [0.25, 0.3) is 0 Å². The molecule has 1 aliphatic heterocycles. The second-order valence-electron chi connectivity index (χ2n) is 3.78. The van der Waals surface area contributed by atoms with Gasteiger partial charge >= 0.3 is 0 Å². The predicted molar refractivity (Wildman–Crippen MR) is 62.4 cm³/mol. The number of amidine groups is 1. The van der Waals surface area contributed by atoms with Gasteiger partial charge in [0.2, 0.25) is 5.91 Å². The van der Waals surface area contributed by atoms with Crippen LogP contribution in [0, 0.1) is 0 Å². The van der Waals surface area contributed by atoms with Gasteiger partial charge in [0.25, 0.3) is 0 Å². The molecule has 1 aromatic heterocycles. The lowest BCUT2D eigenvalue weighted by molar-refractivity contribution is -0.120. The molecule has 16 heavy (non-hydrogen) atoms. The van der Waals surface area contributed by atoms with Crippen molar-refractivity contribution in [2.75, 3.05) is 0 Å². The van der Waals surface area contributed by atoms with E-state index < -0.39 is 0 Å². The number of hydrogen-bond donors (Lipinski definition) is 1. The van der Waals surface area contributed by atoms with Gasteiger partial charge in [-0.3, -0.25) is 14.8 Å². The summed E-state index contributed by atoms with van der Waals surface area (Å²) in [4.78, 5) is 20.0. The highest BCUT2D eigenvalue weighted by molar-refractivity contribution is 6.14. The number of aryl methyl sites for hydroxylation is 1. The first-order chi connectivity index (χ1) is 7.76. The number of rotatable bonds is 3. The van der Waals surface area contributed by atoms with E-state index in [1.54, 1.807) is 6.20 Å². The van der Waals surface area contributed by atoms with Crippen molar-refractivity contribution in [3.63, 3.8) is 0 Å². The summed E-state index contributed by atoms with van der Waals surface area (Å²) in [7, 11) is 0. The smallest absolute Gasteiger partial charge is 0.250 e. The van der Waals surface area contributed by atoms with Gasteiger partial charge in [0.1, 0.15) is 11.9 Å². The number of aromatic nitrogens is 1. The molecule has 0 aliphatic carbocycles. The highest BCUT2D eigenvalue weighted by atomic mass is 16.2. The fraction of sp³-hybridized carbons (Fsp3) is 0.417. The standard InChI is InChI=1S/C12H15N3O/c1-3-8-7-13-6-5-9(8)11-14-10(4-2)12(16)15-11/h5-7,10H,3-4H2,1-2H3,(H,14,15,16). The first kappa shape index (κ1) is 10.8. The van der Waals surface area contributed by atoms with Crippen LogP contribution in [0.1, 0.15) is 31.4 Å². The Morgan fingerprint density at radius 3 is 2.88 bits per heavy atom. The molecule has 1 aromatic rings. The summed E-state index contributed by atoms with van der Waals surface area (Å²) < 4.78 is 0. The van der Waals surface area contributed by atoms with Crippen LogP contribution in [0.3, 0.4) is 0 Å². The lowest BCUT2D eigenvalue weighted by Gasteiger charge is -2.05. The minimum Gasteiger partial charge on any atom is -0.309 e. The van der Waals surface area contributed by atoms with Gasteiger partial charge < -0.3 is 5.32 Å². The molecule has 2 rings (SSSR count). The van der Waals surface area contributed by atoms with Gasteiger partial charge in [0.05, 0.1) is 0 Å². The Balaban J connectivity index is 2.35. The topological polar surface area (TPSA) is 54.4 Å². The molecule has 0 fully saturated rings. The quantitative estimate of drug-likeness (QED) is 0.829. The van der Waals surface area contributed by atoms with Crippen molar-refractivity contribution >= 4 is 11.7 Å². The first-order valence-electron chi connectivity index (χ1n) is 5.58. The molecule has 4 heteroatoms. The Morgan fingerprint density at radius 1 is 1.44 bits per heavy atom. The van der Waals surface area contributed by atoms with Crippen LogP contribution in [-0.4, -0.2) is 22.8 Å². The molecule has 1 N–H and O–H groups in total. The van der Waals surface area contributed by atoms with E-state index in [0.717, 1.165) is 24.0 Å². The Hall–Kier alpha value is -1.71. The van der Waals surface area contributed by atoms with Crippen LogP contribution in [0.5, 0.6) is 0 Å². The fourth-order valence-corrected chi connectivity index (χ4v) is 1.80. The Labute approximate surface area is 94.8 Å². The van der Waals surface area contributed by atoms with Crippen LogP contribution >= 0.6 is 0 Å². The van der Waals surface area contributed by atoms with Crippen molar-refractivity contribution in [1.82, 2.24) is 10.3 Å². The number of aliphatic imine (C=N–C) groups is 1. The van der Waals surface area contributed by atoms with Gasteiger partial charge in [0, 0.05) is 18.0 Å². The van der Waals surface area contributed by atoms with Gasteiger partial charge in [-0.15, -0.1) is 0 Å². The van der Waals surface area contributed by atoms with Gasteiger partial charge in [-0.05, 0) is 24.5 Å². The van der Waals surface area contributed by atoms with Gasteiger partial charge in [0.15, 0.2) is 0 Å². The zero-order valence-corrected chi connectivity index (χ0v) is 9.53. The average Bonchev–Trinajstić information content (AvgIpc) is 2.70. The van der Waals surface area contributed by atoms with Gasteiger partial charge in [-0.25, -0.2) is 0 Å². The van der Waals surface area contributed by atoms with Crippen molar-refractivity contribution in [3.05, 3.63) is 29.6 Å². The fourth-order valence-electron chi connectivity index (χ4n) is 1.80. The molecular weight excluding hydrogens is 202 g/mol. The molecule has 0 radical (unpaired) electrons. The molecule has 1 amide bonds. The first-order valence-corrected chi connectivity index (χ1v) is 5.58. The zero-order valence-electron chi connectivity index (χ0n) is 9.53. The summed E-state index contributed by atoms with van der Waals surface area (Å²) in [6.45, 7) is 4.03. The molecule has 0 spiro atoms. The number of carbonyl (C=O) groups is 1. The van der Waals surface area contributed by atoms with E-state index in [0.29, 0.717) is 5.84 Å². The van der Waals surface area contributed by atoms with E-state index in [1.807, 2.05) is 19.2 Å². The van der Waals surface area contributed by atoms with E-state index in [-0.39, 0.29) is 11.9 Å². The maximum absolute atomic E-state index is 11.5. The molecule has 1 atom stereocenters. The summed E-state index contributed by atoms with van der Waals surface area (Å²) in [5.41, 5.74) is 2.10. The molecule has 84 valence electrons. The number of nitrogens with zero attached hydrogens (tertiary/aromatic N) is 2. The maximum atomic E-state index is 11.5. The van der Waals surface area contributed by atoms with E-state index in [1.165, 1.54) is 0 Å². The monoisotopic (exact) mass is 217 g/mol. The third-order valence-electron chi connectivity index (χ3n) is 2.76. The molecule has 0 saturated carbocycles. The van der Waals surface area contributed by atoms with Crippen LogP contribution in [0.4, 0.5) is 0 Å². The third kappa shape index (κ3) is 1.83. The van der Waals surface area contributed by atoms with E-state index in [2.05, 4.69) is 22.2 Å². The highest BCUT2D eigenvalue weighted by Gasteiger charge is 2.25. The number of hydrogen-bond acceptors (Lipinski definition) is 3. The third-order valence-corrected chi connectivity index (χ3v) is 2.76. The van der Waals surface area contributed by atoms with Crippen molar-refractivity contribution < 1.29 is 4.79 Å². The molecule has 1 unspecified atom stereocenters. The second kappa shape index (κ2) is 4.43. The van der Waals surface area contributed by atoms with Crippen molar-refractivity contribution in [2.24, 2.45) is 4.99 Å². The zero-order chi connectivity index (χ0) is 11.5. The van der Waals surface area contributed by atoms with E-state index in [4.69, 9.17) is 0 Å². The largest absolute Gasteiger partial charge is 0.309 e. The summed E-state index contributed by atoms with van der Waals surface area (Å²) in [5, 5.41) is 2.83. The normalized spacial score (nSPS) is 19.5. The minimum atomic E-state index is -0.229. The van der Waals surface area contributed by atoms with Gasteiger partial charge in [-0.2, -0.15) is 0 Å². The van der Waals surface area contributed by atoms with Crippen molar-refractivity contribution in [3.8, 4) is 0 Å². The number of pyridine rings is 1. The molecule has 4 nitrogen and oxygen atoms in total. The minimum absolute atomic E-state index is 0.00337. The lowest BCUT2D eigenvalue weighted by atomic mass is 10.1. The van der Waals surface area contributed by atoms with Crippen LogP contribution in [0.2, 0.25) is 0 Å². The molecule has 1 aliphatic rings. The number of amides is 1. The van der Waals surface area contributed by atoms with Crippen LogP contribution < -0.4 is 5.32 Å². The summed E-state index contributed by atoms with van der Waals surface area (Å²) in [6.07, 6.45) is 5.17. The summed E-state index contributed by atoms with van der Waals surface area (Å²) >= 11 is 0. The Morgan fingerprint density at radius 2 is 2.25 bits per heavy atom. The predicted octanol–water partition coefficient (Wildman–Crippen LogP) is 1.30. The second-order valence-corrected chi connectivity index (χ2v) is 3.78. The van der Waals surface area contributed by atoms with E-state index in [9.17, 15) is 4.79 Å². The summed E-state index contributed by atoms with van der Waals surface area (Å²) in [5.74, 6) is 0.687. The number of carbonyl (C=O) groups excluding carboxylic acids is 1. The van der Waals surface area contributed by atoms with E-state index >= 15 is 0 Å². The SMILES string of the molecule is CCc1cnccc1C1=NC(CC)C(=O)N1. The van der Waals surface area contributed by atoms with Crippen molar-refractivity contribution in [1.29, 1.82) is 0 Å². The van der Waals surface area contributed by atoms with Gasteiger partial charge in [-0.1, -0.05) is 13.8 Å². The Bertz CT molecular complexity index is 440. The molecule has 0 saturated heterocycles. The maximum Gasteiger partial charge on any atom is 0.250 e. The van der Waals surface area contributed by atoms with Crippen LogP contribution in [-0.2, 0) is 11.2 Å². The lowest BCUT2D eigenvalue weighted by Crippen LogP contribution is -2.29. The molecule has 0 bridgehead atoms. The molecule has 2 heterocycles. The Kier molecular flexibility index (Phi) is 2.99. The molecule has 0 aromatic carbocycles.